The van der Waals surface area contributed by atoms with Gasteiger partial charge in [-0.2, -0.15) is 0 Å². The first-order chi connectivity index (χ1) is 13.6. The summed E-state index contributed by atoms with van der Waals surface area (Å²) < 4.78 is 5.78. The molecule has 140 valence electrons. The predicted octanol–water partition coefficient (Wildman–Crippen LogP) is 1.77. The zero-order valence-corrected chi connectivity index (χ0v) is 14.6. The van der Waals surface area contributed by atoms with Crippen molar-refractivity contribution >= 4 is 22.9 Å². The lowest BCUT2D eigenvalue weighted by Crippen LogP contribution is -2.32. The minimum Gasteiger partial charge on any atom is -0.494 e. The van der Waals surface area contributed by atoms with Crippen molar-refractivity contribution in [2.24, 2.45) is 4.99 Å². The van der Waals surface area contributed by atoms with Crippen molar-refractivity contribution in [3.63, 3.8) is 0 Å². The number of H-pyrrole nitrogens is 1. The fraction of sp³-hybridized carbons (Fsp3) is 0.105. The van der Waals surface area contributed by atoms with Gasteiger partial charge < -0.3 is 5.11 Å². The summed E-state index contributed by atoms with van der Waals surface area (Å²) >= 11 is 0. The molecule has 0 unspecified atom stereocenters. The first-order valence-electron chi connectivity index (χ1n) is 8.49. The van der Waals surface area contributed by atoms with E-state index in [1.165, 1.54) is 6.21 Å². The van der Waals surface area contributed by atoms with E-state index in [1.807, 2.05) is 30.3 Å². The number of aromatic amines is 1. The molecule has 28 heavy (non-hydrogen) atoms. The molecule has 2 aromatic carbocycles. The lowest BCUT2D eigenvalue weighted by Gasteiger charge is -2.09. The SMILES string of the molecule is O=c1[nH]c(=O)n(CCc2ccccc2)c(O)c1C=Nc1cccc2nonc12. The summed E-state index contributed by atoms with van der Waals surface area (Å²) in [4.78, 5) is 30.7. The molecular formula is C19H15N5O4. The third-order valence-electron chi connectivity index (χ3n) is 4.27. The van der Waals surface area contributed by atoms with Crippen LogP contribution in [0.25, 0.3) is 11.0 Å². The fourth-order valence-electron chi connectivity index (χ4n) is 2.81. The Balaban J connectivity index is 1.68. The third kappa shape index (κ3) is 3.32. The summed E-state index contributed by atoms with van der Waals surface area (Å²) in [5, 5.41) is 18.0. The maximum Gasteiger partial charge on any atom is 0.331 e. The maximum absolute atomic E-state index is 12.2. The second-order valence-corrected chi connectivity index (χ2v) is 6.05. The maximum atomic E-state index is 12.2. The molecule has 0 aliphatic heterocycles. The number of aliphatic imine (C=N–C) groups is 1. The van der Waals surface area contributed by atoms with Gasteiger partial charge in [-0.1, -0.05) is 36.4 Å². The van der Waals surface area contributed by atoms with Gasteiger partial charge in [0.2, 0.25) is 5.88 Å². The molecule has 0 saturated carbocycles. The van der Waals surface area contributed by atoms with Crippen LogP contribution in [0.1, 0.15) is 11.1 Å². The first kappa shape index (κ1) is 17.4. The van der Waals surface area contributed by atoms with Crippen LogP contribution in [0, 0.1) is 0 Å². The van der Waals surface area contributed by atoms with Crippen LogP contribution in [-0.4, -0.2) is 31.2 Å². The van der Waals surface area contributed by atoms with Crippen molar-refractivity contribution in [1.29, 1.82) is 0 Å². The van der Waals surface area contributed by atoms with Crippen molar-refractivity contribution < 1.29 is 9.74 Å². The normalized spacial score (nSPS) is 11.4. The molecule has 2 heterocycles. The second-order valence-electron chi connectivity index (χ2n) is 6.05. The van der Waals surface area contributed by atoms with Crippen LogP contribution >= 0.6 is 0 Å². The molecular weight excluding hydrogens is 362 g/mol. The highest BCUT2D eigenvalue weighted by atomic mass is 16.6. The Bertz CT molecular complexity index is 1270. The highest BCUT2D eigenvalue weighted by Gasteiger charge is 2.13. The Labute approximate surface area is 157 Å². The number of hydrogen-bond acceptors (Lipinski definition) is 7. The zero-order valence-electron chi connectivity index (χ0n) is 14.6. The number of nitrogens with zero attached hydrogens (tertiary/aromatic N) is 4. The quantitative estimate of drug-likeness (QED) is 0.511. The molecule has 0 bridgehead atoms. The van der Waals surface area contributed by atoms with Gasteiger partial charge in [-0.05, 0) is 34.4 Å². The highest BCUT2D eigenvalue weighted by Crippen LogP contribution is 2.22. The molecule has 0 atom stereocenters. The Morgan fingerprint density at radius 2 is 1.93 bits per heavy atom. The van der Waals surface area contributed by atoms with E-state index < -0.39 is 17.1 Å². The molecule has 4 aromatic rings. The lowest BCUT2D eigenvalue weighted by atomic mass is 10.1. The highest BCUT2D eigenvalue weighted by molar-refractivity contribution is 5.90. The van der Waals surface area contributed by atoms with Crippen molar-refractivity contribution in [3.05, 3.63) is 80.5 Å². The van der Waals surface area contributed by atoms with E-state index in [0.717, 1.165) is 10.1 Å². The van der Waals surface area contributed by atoms with Gasteiger partial charge in [-0.15, -0.1) is 0 Å². The number of nitrogens with one attached hydrogen (secondary N) is 1. The summed E-state index contributed by atoms with van der Waals surface area (Å²) in [6, 6.07) is 14.6. The molecule has 9 heteroatoms. The number of fused-ring (bicyclic) bond motifs is 1. The lowest BCUT2D eigenvalue weighted by molar-refractivity contribution is 0.315. The van der Waals surface area contributed by atoms with Crippen LogP contribution in [0.5, 0.6) is 5.88 Å². The number of aromatic nitrogens is 4. The van der Waals surface area contributed by atoms with Crippen molar-refractivity contribution in [3.8, 4) is 5.88 Å². The van der Waals surface area contributed by atoms with E-state index >= 15 is 0 Å². The molecule has 2 N–H and O–H groups in total. The largest absolute Gasteiger partial charge is 0.494 e. The molecule has 0 aliphatic carbocycles. The van der Waals surface area contributed by atoms with Crippen LogP contribution in [0.15, 0.2) is 67.7 Å². The van der Waals surface area contributed by atoms with Crippen LogP contribution in [0.2, 0.25) is 0 Å². The monoisotopic (exact) mass is 377 g/mol. The molecule has 0 fully saturated rings. The van der Waals surface area contributed by atoms with Gasteiger partial charge in [0, 0.05) is 12.8 Å². The minimum atomic E-state index is -0.729. The number of aryl methyl sites for hydroxylation is 1. The van der Waals surface area contributed by atoms with Crippen LogP contribution in [-0.2, 0) is 13.0 Å². The number of benzene rings is 2. The summed E-state index contributed by atoms with van der Waals surface area (Å²) in [6.07, 6.45) is 1.71. The van der Waals surface area contributed by atoms with E-state index in [-0.39, 0.29) is 12.1 Å². The van der Waals surface area contributed by atoms with Gasteiger partial charge in [0.1, 0.15) is 11.1 Å². The molecule has 2 aromatic heterocycles. The molecule has 4 rings (SSSR count). The van der Waals surface area contributed by atoms with Gasteiger partial charge in [-0.3, -0.25) is 19.3 Å². The molecule has 9 nitrogen and oxygen atoms in total. The van der Waals surface area contributed by atoms with E-state index in [0.29, 0.717) is 23.1 Å². The number of rotatable bonds is 5. The van der Waals surface area contributed by atoms with Gasteiger partial charge >= 0.3 is 5.69 Å². The van der Waals surface area contributed by atoms with E-state index in [1.54, 1.807) is 18.2 Å². The minimum absolute atomic E-state index is 0.124. The average Bonchev–Trinajstić information content (AvgIpc) is 3.18. The van der Waals surface area contributed by atoms with Crippen molar-refractivity contribution in [1.82, 2.24) is 19.9 Å². The zero-order chi connectivity index (χ0) is 19.5. The van der Waals surface area contributed by atoms with E-state index in [4.69, 9.17) is 0 Å². The van der Waals surface area contributed by atoms with Gasteiger partial charge in [-0.25, -0.2) is 9.42 Å². The molecule has 0 amide bonds. The molecule has 0 radical (unpaired) electrons. The summed E-state index contributed by atoms with van der Waals surface area (Å²) in [5.74, 6) is -0.445. The Hall–Kier alpha value is -4.01. The van der Waals surface area contributed by atoms with Crippen LogP contribution in [0.4, 0.5) is 5.69 Å². The van der Waals surface area contributed by atoms with Crippen molar-refractivity contribution in [2.45, 2.75) is 13.0 Å². The summed E-state index contributed by atoms with van der Waals surface area (Å²) in [7, 11) is 0. The topological polar surface area (TPSA) is 126 Å². The molecule has 0 spiro atoms. The standard InChI is InChI=1S/C19H15N5O4/c25-17-13(11-20-14-7-4-8-15-16(14)23-28-22-15)18(26)24(19(27)21-17)10-9-12-5-2-1-3-6-12/h1-8,11,26H,9-10H2,(H,21,25,27). The Morgan fingerprint density at radius 3 is 2.75 bits per heavy atom. The molecule has 0 saturated heterocycles. The Morgan fingerprint density at radius 1 is 1.11 bits per heavy atom. The van der Waals surface area contributed by atoms with Crippen LogP contribution < -0.4 is 11.2 Å². The predicted molar refractivity (Wildman–Crippen MR) is 102 cm³/mol. The molecule has 0 aliphatic rings. The summed E-state index contributed by atoms with van der Waals surface area (Å²) in [6.45, 7) is 0.203. The van der Waals surface area contributed by atoms with Crippen molar-refractivity contribution in [2.75, 3.05) is 0 Å². The summed E-state index contributed by atoms with van der Waals surface area (Å²) in [5.41, 5.74) is 0.819. The van der Waals surface area contributed by atoms with E-state index in [2.05, 4.69) is 24.9 Å². The van der Waals surface area contributed by atoms with Gasteiger partial charge in [0.05, 0.1) is 5.69 Å². The van der Waals surface area contributed by atoms with Crippen LogP contribution in [0.3, 0.4) is 0 Å². The average molecular weight is 377 g/mol. The van der Waals surface area contributed by atoms with E-state index in [9.17, 15) is 14.7 Å². The Kier molecular flexibility index (Phi) is 4.55. The fourth-order valence-corrected chi connectivity index (χ4v) is 2.81. The first-order valence-corrected chi connectivity index (χ1v) is 8.49. The van der Waals surface area contributed by atoms with Gasteiger partial charge in [0.25, 0.3) is 5.56 Å². The number of aromatic hydroxyl groups is 1. The second kappa shape index (κ2) is 7.31. The third-order valence-corrected chi connectivity index (χ3v) is 4.27. The number of hydrogen-bond donors (Lipinski definition) is 2. The smallest absolute Gasteiger partial charge is 0.331 e. The van der Waals surface area contributed by atoms with Gasteiger partial charge in [0.15, 0.2) is 5.52 Å².